The molecule has 0 bridgehead atoms. The van der Waals surface area contributed by atoms with E-state index < -0.39 is 168 Å². The van der Waals surface area contributed by atoms with Gasteiger partial charge in [0.15, 0.2) is 0 Å². The number of fused-ring (bicyclic) bond motifs is 15. The molecule has 0 aliphatic carbocycles. The van der Waals surface area contributed by atoms with Crippen LogP contribution in [0, 0.1) is 0 Å². The fraction of sp³-hybridized carbons (Fsp3) is 0. The number of para-hydroxylation sites is 3. The van der Waals surface area contributed by atoms with Crippen molar-refractivity contribution in [3.63, 3.8) is 0 Å². The Morgan fingerprint density at radius 1 is 0.219 bits per heavy atom. The molecule has 0 saturated carbocycles. The van der Waals surface area contributed by atoms with Gasteiger partial charge in [0.2, 0.25) is 0 Å². The first kappa shape index (κ1) is 39.4. The van der Waals surface area contributed by atoms with Crippen molar-refractivity contribution < 1.29 is 44.5 Å². The number of furan rings is 2. The van der Waals surface area contributed by atoms with Crippen LogP contribution in [0.3, 0.4) is 0 Å². The molecule has 0 N–H and O–H groups in total. The Morgan fingerprint density at radius 3 is 1.17 bits per heavy atom. The van der Waals surface area contributed by atoms with Crippen LogP contribution in [0.4, 0.5) is 0 Å². The van der Waals surface area contributed by atoms with Gasteiger partial charge >= 0.3 is 0 Å². The van der Waals surface area contributed by atoms with Gasteiger partial charge in [0, 0.05) is 43.6 Å². The van der Waals surface area contributed by atoms with E-state index in [1.165, 1.54) is 0 Å². The molecule has 22 rings (SSSR count). The van der Waals surface area contributed by atoms with E-state index in [-0.39, 0.29) is 65.3 Å². The van der Waals surface area contributed by atoms with Gasteiger partial charge in [-0.3, -0.25) is 0 Å². The average molecular weight is 1360 g/mol. The first-order valence-corrected chi connectivity index (χ1v) is 34.0. The molecule has 3 heteroatoms. The fourth-order valence-corrected chi connectivity index (χ4v) is 15.6. The second-order valence-electron chi connectivity index (χ2n) is 25.7. The van der Waals surface area contributed by atoms with Crippen molar-refractivity contribution in [1.29, 1.82) is 0 Å². The van der Waals surface area contributed by atoms with Crippen molar-refractivity contribution in [2.45, 2.75) is 0 Å². The lowest BCUT2D eigenvalue weighted by atomic mass is 9.84. The Labute approximate surface area is 642 Å². The summed E-state index contributed by atoms with van der Waals surface area (Å²) in [5.74, 6) is 0. The van der Waals surface area contributed by atoms with Crippen molar-refractivity contribution in [2.75, 3.05) is 0 Å². The standard InChI is InChI=1S/C60H37NO.C42H26O/c1-3-17-38(18-4-1)44-32-33-51(59-53-37-42(31-34-56(53)62-60(44)59)61-54-29-15-13-23-45(54)46-24-14-16-30-55(46)61)52-36-41(35-40-21-7-8-22-43(40)52)58-49-27-11-9-25-47(49)57(39-19-5-2-6-20-39)48-26-10-12-28-50(48)58;1-2-12-27(13-3-1)41-33-17-6-8-19-35(33)42(36-20-9-7-18-34(36)41)30-24-28-14-4-5-15-31(28)37(26-30)29-22-23-40-38(25-29)32-16-10-11-21-39(32)43-40/h1-37H;1-26H/i2D,5D,6D,9D,10D,11D,12D,19D,20D,25D,26D,27D,28D;1D,2D,3D,6D,7D,8D,9D,12D,13D,17D,18D,19D,20D. The maximum Gasteiger partial charge on any atom is 0.143 e. The number of benzene rings is 19. The highest BCUT2D eigenvalue weighted by Crippen LogP contribution is 2.51. The highest BCUT2D eigenvalue weighted by molar-refractivity contribution is 6.26. The first-order chi connectivity index (χ1) is 62.9. The normalized spacial score (nSPS) is 15.3. The second kappa shape index (κ2) is 24.5. The first-order valence-electron chi connectivity index (χ1n) is 47.0. The van der Waals surface area contributed by atoms with Crippen LogP contribution in [0.25, 0.3) is 214 Å². The molecule has 0 unspecified atom stereocenters. The van der Waals surface area contributed by atoms with Gasteiger partial charge in [-0.15, -0.1) is 0 Å². The van der Waals surface area contributed by atoms with Crippen LogP contribution in [0.15, 0.2) is 390 Å². The topological polar surface area (TPSA) is 31.2 Å². The second-order valence-corrected chi connectivity index (χ2v) is 25.7. The predicted molar refractivity (Wildman–Crippen MR) is 445 cm³/mol. The molecule has 19 aromatic carbocycles. The Hall–Kier alpha value is -13.9. The summed E-state index contributed by atoms with van der Waals surface area (Å²) >= 11 is 0. The van der Waals surface area contributed by atoms with E-state index in [1.807, 2.05) is 182 Å². The molecular formula is C102H63NO2. The molecule has 0 aliphatic heterocycles. The van der Waals surface area contributed by atoms with Crippen molar-refractivity contribution >= 4 is 130 Å². The monoisotopic (exact) mass is 1360 g/mol. The molecule has 0 amide bonds. The molecule has 0 aliphatic rings. The Kier molecular flexibility index (Phi) is 9.17. The van der Waals surface area contributed by atoms with Gasteiger partial charge < -0.3 is 13.4 Å². The lowest BCUT2D eigenvalue weighted by molar-refractivity contribution is 0.669. The Morgan fingerprint density at radius 2 is 0.629 bits per heavy atom. The summed E-state index contributed by atoms with van der Waals surface area (Å²) in [6.45, 7) is 0. The minimum atomic E-state index is -0.726. The Balaban J connectivity index is 0.000000165. The van der Waals surface area contributed by atoms with Crippen molar-refractivity contribution in [3.8, 4) is 83.6 Å². The summed E-state index contributed by atoms with van der Waals surface area (Å²) in [6.07, 6.45) is 0. The summed E-state index contributed by atoms with van der Waals surface area (Å²) in [5.41, 5.74) is 9.58. The zero-order valence-corrected chi connectivity index (χ0v) is 55.1. The molecule has 3 nitrogen and oxygen atoms in total. The molecule has 105 heavy (non-hydrogen) atoms. The van der Waals surface area contributed by atoms with E-state index in [0.29, 0.717) is 38.8 Å². The third-order valence-corrected chi connectivity index (χ3v) is 20.1. The summed E-state index contributed by atoms with van der Waals surface area (Å²) in [5, 5.41) is 7.06. The Bertz CT molecular complexity index is 8670. The van der Waals surface area contributed by atoms with Crippen LogP contribution in [-0.2, 0) is 0 Å². The number of hydrogen-bond acceptors (Lipinski definition) is 2. The van der Waals surface area contributed by atoms with Gasteiger partial charge in [-0.1, -0.05) is 303 Å². The largest absolute Gasteiger partial charge is 0.456 e. The summed E-state index contributed by atoms with van der Waals surface area (Å²) in [7, 11) is 0. The summed E-state index contributed by atoms with van der Waals surface area (Å²) in [6, 6.07) is 55.9. The molecule has 22 aromatic rings. The van der Waals surface area contributed by atoms with Gasteiger partial charge in [0.25, 0.3) is 0 Å². The predicted octanol–water partition coefficient (Wildman–Crippen LogP) is 28.9. The molecule has 3 heterocycles. The molecule has 0 fully saturated rings. The molecule has 0 radical (unpaired) electrons. The van der Waals surface area contributed by atoms with Crippen LogP contribution < -0.4 is 0 Å². The van der Waals surface area contributed by atoms with Crippen LogP contribution in [0.2, 0.25) is 0 Å². The average Bonchev–Trinajstić information content (AvgIpc) is 1.31. The fourth-order valence-electron chi connectivity index (χ4n) is 15.6. The van der Waals surface area contributed by atoms with Crippen molar-refractivity contribution in [2.24, 2.45) is 0 Å². The van der Waals surface area contributed by atoms with Gasteiger partial charge in [0.05, 0.1) is 46.7 Å². The van der Waals surface area contributed by atoms with E-state index in [0.717, 1.165) is 98.6 Å². The van der Waals surface area contributed by atoms with E-state index in [2.05, 4.69) is 41.0 Å². The smallest absolute Gasteiger partial charge is 0.143 e. The SMILES string of the molecule is [2H]c1c([2H])c([2H])c(-c2c3c([2H])c([2H])c([2H])c([2H])c3c(-c3cc(-c4ccc(-c5ccccc5)c5oc6ccc(-n7c8ccccc8c8ccccc87)cc6c45)c4ccccc4c3)c3c([2H])c([2H])c([2H])c([2H])c23)c([2H])c1[2H].[2H]c1c([2H])c([2H])c(-c2c3c([2H])c([2H])c([2H])c([2H])c3c(-c3cc(-c4ccc5oc6ccccc6c5c4)c4ccccc4c3)c3c([2H])c([2H])c([2H])c([2H])c23)c([2H])c1[2H]. The molecular weight excluding hydrogens is 1270 g/mol. The molecule has 3 aromatic heterocycles. The van der Waals surface area contributed by atoms with E-state index in [9.17, 15) is 11.0 Å². The minimum Gasteiger partial charge on any atom is -0.456 e. The molecule has 488 valence electrons. The van der Waals surface area contributed by atoms with Crippen LogP contribution >= 0.6 is 0 Å². The van der Waals surface area contributed by atoms with E-state index >= 15 is 0 Å². The zero-order valence-electron chi connectivity index (χ0n) is 81.1. The van der Waals surface area contributed by atoms with Gasteiger partial charge in [-0.2, -0.15) is 0 Å². The summed E-state index contributed by atoms with van der Waals surface area (Å²) < 4.78 is 249. The number of hydrogen-bond donors (Lipinski definition) is 0. The number of rotatable bonds is 8. The van der Waals surface area contributed by atoms with Gasteiger partial charge in [-0.05, 0) is 216 Å². The lowest BCUT2D eigenvalue weighted by Crippen LogP contribution is -1.93. The quantitative estimate of drug-likeness (QED) is 0.142. The van der Waals surface area contributed by atoms with E-state index in [1.54, 1.807) is 6.07 Å². The maximum absolute atomic E-state index is 9.64. The summed E-state index contributed by atoms with van der Waals surface area (Å²) in [4.78, 5) is 0. The molecule has 0 spiro atoms. The van der Waals surface area contributed by atoms with Crippen LogP contribution in [0.1, 0.15) is 35.6 Å². The van der Waals surface area contributed by atoms with Crippen molar-refractivity contribution in [3.05, 3.63) is 382 Å². The van der Waals surface area contributed by atoms with Gasteiger partial charge in [0.1, 0.15) is 22.3 Å². The lowest BCUT2D eigenvalue weighted by Gasteiger charge is -2.19. The van der Waals surface area contributed by atoms with Crippen molar-refractivity contribution in [1.82, 2.24) is 4.57 Å². The third kappa shape index (κ3) is 9.74. The number of nitrogens with zero attached hydrogens (tertiary/aromatic N) is 1. The zero-order chi connectivity index (χ0) is 91.7. The van der Waals surface area contributed by atoms with Gasteiger partial charge in [-0.25, -0.2) is 0 Å². The number of aromatic nitrogens is 1. The highest BCUT2D eigenvalue weighted by atomic mass is 16.3. The molecule has 0 saturated heterocycles. The third-order valence-electron chi connectivity index (χ3n) is 20.1. The highest BCUT2D eigenvalue weighted by Gasteiger charge is 2.25. The minimum absolute atomic E-state index is 0.0463. The van der Waals surface area contributed by atoms with E-state index in [4.69, 9.17) is 33.5 Å². The molecule has 0 atom stereocenters. The van der Waals surface area contributed by atoms with Crippen LogP contribution in [-0.4, -0.2) is 4.57 Å². The van der Waals surface area contributed by atoms with Crippen LogP contribution in [0.5, 0.6) is 0 Å². The maximum atomic E-state index is 9.64.